The number of hydrogen-bond donors (Lipinski definition) is 4. The molecule has 3 saturated carbocycles. The maximum Gasteiger partial charge on any atom is 0.366 e. The van der Waals surface area contributed by atoms with E-state index in [0.29, 0.717) is 0 Å². The van der Waals surface area contributed by atoms with Crippen molar-refractivity contribution in [2.45, 2.75) is 107 Å². The lowest BCUT2D eigenvalue weighted by atomic mass is 9.35. The molecule has 17 nitrogen and oxygen atoms in total. The van der Waals surface area contributed by atoms with Crippen molar-refractivity contribution < 1.29 is 82.2 Å². The molecule has 0 amide bonds. The Morgan fingerprint density at radius 3 is 2.27 bits per heavy atom. The van der Waals surface area contributed by atoms with Crippen LogP contribution in [0.2, 0.25) is 0 Å². The summed E-state index contributed by atoms with van der Waals surface area (Å²) in [5.41, 5.74) is -12.2. The molecule has 0 spiro atoms. The molecule has 286 valence electrons. The molecule has 0 radical (unpaired) electrons. The summed E-state index contributed by atoms with van der Waals surface area (Å²) < 4.78 is 53.8. The lowest BCUT2D eigenvalue weighted by Gasteiger charge is -2.71. The molecule has 0 aromatic rings. The van der Waals surface area contributed by atoms with Gasteiger partial charge in [-0.3, -0.25) is 9.59 Å². The van der Waals surface area contributed by atoms with Gasteiger partial charge in [0, 0.05) is 42.1 Å². The topological polar surface area (TPSA) is 232 Å². The fraction of sp³-hybridized carbons (Fsp3) is 0.771. The van der Waals surface area contributed by atoms with Crippen LogP contribution < -0.4 is 0 Å². The molecular formula is C35H44O17. The van der Waals surface area contributed by atoms with Gasteiger partial charge in [0.15, 0.2) is 5.60 Å². The Kier molecular flexibility index (Phi) is 7.26. The fourth-order valence-electron chi connectivity index (χ4n) is 12.3. The van der Waals surface area contributed by atoms with Gasteiger partial charge in [-0.1, -0.05) is 13.0 Å². The highest BCUT2D eigenvalue weighted by Gasteiger charge is 2.97. The van der Waals surface area contributed by atoms with E-state index < -0.39 is 130 Å². The first kappa shape index (κ1) is 35.8. The number of esters is 4. The van der Waals surface area contributed by atoms with E-state index in [0.717, 1.165) is 27.4 Å². The maximum atomic E-state index is 14.4. The Hall–Kier alpha value is -3.16. The highest BCUT2D eigenvalue weighted by Crippen LogP contribution is 2.81. The zero-order valence-corrected chi connectivity index (χ0v) is 29.8. The minimum atomic E-state index is -2.69. The third-order valence-electron chi connectivity index (χ3n) is 14.3. The number of hydrogen-bond acceptors (Lipinski definition) is 17. The monoisotopic (exact) mass is 736 g/mol. The zero-order valence-electron chi connectivity index (χ0n) is 29.8. The maximum absolute atomic E-state index is 14.4. The number of aliphatic hydroxyl groups excluding tert-OH is 1. The first-order valence-corrected chi connectivity index (χ1v) is 17.3. The fourth-order valence-corrected chi connectivity index (χ4v) is 12.3. The molecule has 4 bridgehead atoms. The van der Waals surface area contributed by atoms with E-state index in [4.69, 9.17) is 42.6 Å². The summed E-state index contributed by atoms with van der Waals surface area (Å²) in [6, 6.07) is 0. The molecular weight excluding hydrogens is 692 g/mol. The minimum absolute atomic E-state index is 0.150. The van der Waals surface area contributed by atoms with E-state index in [1.165, 1.54) is 26.0 Å². The van der Waals surface area contributed by atoms with Crippen LogP contribution in [0.4, 0.5) is 0 Å². The molecule has 7 fully saturated rings. The van der Waals surface area contributed by atoms with Crippen LogP contribution in [0.25, 0.3) is 0 Å². The summed E-state index contributed by atoms with van der Waals surface area (Å²) in [4.78, 5) is 54.9. The van der Waals surface area contributed by atoms with Gasteiger partial charge in [0.1, 0.15) is 28.8 Å². The molecule has 5 aliphatic heterocycles. The van der Waals surface area contributed by atoms with E-state index in [-0.39, 0.29) is 18.4 Å². The van der Waals surface area contributed by atoms with Crippen LogP contribution in [-0.4, -0.2) is 131 Å². The van der Waals surface area contributed by atoms with Gasteiger partial charge in [0.25, 0.3) is 5.79 Å². The number of allylic oxidation sites excluding steroid dienone is 1. The number of carbonyl (C=O) groups excluding carboxylic acids is 4. The molecule has 8 aliphatic rings. The summed E-state index contributed by atoms with van der Waals surface area (Å²) in [5.74, 6) is -12.7. The summed E-state index contributed by atoms with van der Waals surface area (Å²) in [7, 11) is 2.24. The third kappa shape index (κ3) is 3.49. The quantitative estimate of drug-likeness (QED) is 0.152. The molecule has 52 heavy (non-hydrogen) atoms. The Morgan fingerprint density at radius 2 is 1.63 bits per heavy atom. The molecule has 16 atom stereocenters. The largest absolute Gasteiger partial charge is 0.468 e. The van der Waals surface area contributed by atoms with Crippen molar-refractivity contribution in [2.24, 2.45) is 34.0 Å². The van der Waals surface area contributed by atoms with Crippen molar-refractivity contribution in [1.29, 1.82) is 0 Å². The molecule has 4 N–H and O–H groups in total. The first-order valence-electron chi connectivity index (χ1n) is 17.3. The van der Waals surface area contributed by atoms with E-state index in [1.807, 2.05) is 0 Å². The summed E-state index contributed by atoms with van der Waals surface area (Å²) in [6.45, 7) is 6.36. The standard InChI is InChI=1S/C35H44O17/c1-8-15(2)24(38)50-18-12-19(49-16(3)36)30(26(39)44-6)13-46-21-22(30)28(18,4)25-31(23(21)37)14-48-33(25,27(40)45-7)52-29(5)17-11-20(34(29,31)42)51-35(43)32(17,41)9-10-47-35/h8-10,17-23,25,37,41-43H,11-14H2,1-7H3/b15-8+/t17-,18+,19-,20+,21-,22-,23-,25-,28+,29+,30+,31-,32+,33-,34+,35-/m1/s1. The molecule has 0 aromatic heterocycles. The molecule has 4 saturated heterocycles. The van der Waals surface area contributed by atoms with Crippen LogP contribution in [0.3, 0.4) is 0 Å². The van der Waals surface area contributed by atoms with Crippen molar-refractivity contribution >= 4 is 23.9 Å². The van der Waals surface area contributed by atoms with Gasteiger partial charge in [-0.15, -0.1) is 0 Å². The van der Waals surface area contributed by atoms with Crippen molar-refractivity contribution in [3.63, 3.8) is 0 Å². The Morgan fingerprint density at radius 1 is 0.942 bits per heavy atom. The second-order valence-corrected chi connectivity index (χ2v) is 15.9. The lowest BCUT2D eigenvalue weighted by molar-refractivity contribution is -0.431. The third-order valence-corrected chi connectivity index (χ3v) is 14.3. The second-order valence-electron chi connectivity index (χ2n) is 15.9. The SMILES string of the molecule is C/C=C(\C)C(=O)O[C@H]1C[C@@H](OC(C)=O)[C@@]2(C(=O)OC)CO[C@H]3[C@@H](O)[C@@]45CO[C@@](C(=O)OC)(O[C@@]6(C)[C@H]7C[C@H](O[C@]8(O)OC=C[C@]78O)[C@@]46O)[C@@H]5[C@]1(C)[C@@H]32. The van der Waals surface area contributed by atoms with Crippen LogP contribution in [0.15, 0.2) is 24.0 Å². The molecule has 0 aromatic carbocycles. The predicted molar refractivity (Wildman–Crippen MR) is 165 cm³/mol. The van der Waals surface area contributed by atoms with Gasteiger partial charge < -0.3 is 63.1 Å². The Balaban J connectivity index is 1.43. The van der Waals surface area contributed by atoms with Crippen LogP contribution >= 0.6 is 0 Å². The average molecular weight is 737 g/mol. The summed E-state index contributed by atoms with van der Waals surface area (Å²) >= 11 is 0. The number of fused-ring (bicyclic) bond motifs is 7. The van der Waals surface area contributed by atoms with Crippen LogP contribution in [0.1, 0.15) is 47.5 Å². The van der Waals surface area contributed by atoms with Gasteiger partial charge in [-0.2, -0.15) is 0 Å². The van der Waals surface area contributed by atoms with Gasteiger partial charge in [0.2, 0.25) is 0 Å². The normalized spacial score (nSPS) is 54.6. The van der Waals surface area contributed by atoms with Gasteiger partial charge in [0.05, 0.1) is 57.4 Å². The smallest absolute Gasteiger partial charge is 0.366 e. The zero-order chi connectivity index (χ0) is 37.8. The lowest BCUT2D eigenvalue weighted by Crippen LogP contribution is -2.86. The van der Waals surface area contributed by atoms with Gasteiger partial charge >= 0.3 is 29.9 Å². The van der Waals surface area contributed by atoms with Crippen molar-refractivity contribution in [2.75, 3.05) is 27.4 Å². The van der Waals surface area contributed by atoms with Gasteiger partial charge in [-0.05, 0) is 33.3 Å². The molecule has 8 rings (SSSR count). The molecule has 3 aliphatic carbocycles. The van der Waals surface area contributed by atoms with E-state index in [2.05, 4.69) is 0 Å². The highest BCUT2D eigenvalue weighted by atomic mass is 16.8. The van der Waals surface area contributed by atoms with E-state index >= 15 is 0 Å². The van der Waals surface area contributed by atoms with Crippen LogP contribution in [-0.2, 0) is 61.8 Å². The average Bonchev–Trinajstić information content (AvgIpc) is 3.81. The number of rotatable bonds is 5. The van der Waals surface area contributed by atoms with Crippen molar-refractivity contribution in [1.82, 2.24) is 0 Å². The van der Waals surface area contributed by atoms with Crippen LogP contribution in [0.5, 0.6) is 0 Å². The van der Waals surface area contributed by atoms with Crippen LogP contribution in [0, 0.1) is 34.0 Å². The molecule has 5 heterocycles. The first-order chi connectivity index (χ1) is 24.3. The van der Waals surface area contributed by atoms with Crippen molar-refractivity contribution in [3.8, 4) is 0 Å². The Bertz CT molecular complexity index is 1710. The predicted octanol–water partition coefficient (Wildman–Crippen LogP) is -0.883. The van der Waals surface area contributed by atoms with Crippen molar-refractivity contribution in [3.05, 3.63) is 24.0 Å². The number of methoxy groups -OCH3 is 2. The highest BCUT2D eigenvalue weighted by molar-refractivity contribution is 5.88. The number of aliphatic hydroxyl groups is 4. The second kappa shape index (κ2) is 10.5. The number of carbonyl (C=O) groups is 4. The molecule has 0 unspecified atom stereocenters. The van der Waals surface area contributed by atoms with Gasteiger partial charge in [-0.25, -0.2) is 9.59 Å². The Labute approximate surface area is 298 Å². The van der Waals surface area contributed by atoms with E-state index in [1.54, 1.807) is 13.8 Å². The summed E-state index contributed by atoms with van der Waals surface area (Å²) in [5, 5.41) is 50.1. The molecule has 17 heteroatoms. The minimum Gasteiger partial charge on any atom is -0.468 e. The van der Waals surface area contributed by atoms with E-state index in [9.17, 15) is 39.6 Å². The summed E-state index contributed by atoms with van der Waals surface area (Å²) in [6.07, 6.45) is -3.96. The number of ether oxygens (including phenoxy) is 9.